The van der Waals surface area contributed by atoms with Crippen LogP contribution >= 0.6 is 0 Å². The summed E-state index contributed by atoms with van der Waals surface area (Å²) >= 11 is 0. The van der Waals surface area contributed by atoms with Crippen LogP contribution in [-0.2, 0) is 14.2 Å². The Labute approximate surface area is 76.0 Å². The SMILES string of the molecule is O=C1OCCCCCCOC(=O)O1. The largest absolute Gasteiger partial charge is 0.518 e. The van der Waals surface area contributed by atoms with Gasteiger partial charge in [-0.15, -0.1) is 0 Å². The van der Waals surface area contributed by atoms with E-state index in [0.29, 0.717) is 13.2 Å². The number of carbonyl (C=O) groups is 2. The summed E-state index contributed by atoms with van der Waals surface area (Å²) in [5.41, 5.74) is 0. The van der Waals surface area contributed by atoms with Gasteiger partial charge in [-0.05, 0) is 25.7 Å². The summed E-state index contributed by atoms with van der Waals surface area (Å²) in [7, 11) is 0. The maximum absolute atomic E-state index is 10.7. The van der Waals surface area contributed by atoms with E-state index < -0.39 is 12.3 Å². The van der Waals surface area contributed by atoms with Crippen molar-refractivity contribution in [2.75, 3.05) is 13.2 Å². The average Bonchev–Trinajstić information content (AvgIpc) is 2.11. The zero-order valence-electron chi connectivity index (χ0n) is 7.28. The van der Waals surface area contributed by atoms with E-state index >= 15 is 0 Å². The van der Waals surface area contributed by atoms with Crippen LogP contribution in [-0.4, -0.2) is 25.5 Å². The van der Waals surface area contributed by atoms with Crippen LogP contribution in [0.3, 0.4) is 0 Å². The monoisotopic (exact) mass is 188 g/mol. The second-order valence-electron chi connectivity index (χ2n) is 2.71. The molecule has 0 saturated carbocycles. The lowest BCUT2D eigenvalue weighted by Gasteiger charge is -2.02. The van der Waals surface area contributed by atoms with Crippen molar-refractivity contribution < 1.29 is 23.8 Å². The molecule has 0 atom stereocenters. The summed E-state index contributed by atoms with van der Waals surface area (Å²) in [6.07, 6.45) is 1.56. The fraction of sp³-hybridized carbons (Fsp3) is 0.750. The molecule has 13 heavy (non-hydrogen) atoms. The van der Waals surface area contributed by atoms with Gasteiger partial charge in [0.05, 0.1) is 13.2 Å². The molecule has 0 aromatic rings. The highest BCUT2D eigenvalue weighted by atomic mass is 16.8. The van der Waals surface area contributed by atoms with E-state index in [1.54, 1.807) is 0 Å². The van der Waals surface area contributed by atoms with Crippen molar-refractivity contribution in [2.24, 2.45) is 0 Å². The van der Waals surface area contributed by atoms with Crippen molar-refractivity contribution in [2.45, 2.75) is 25.7 Å². The van der Waals surface area contributed by atoms with Gasteiger partial charge in [0.15, 0.2) is 0 Å². The van der Waals surface area contributed by atoms with E-state index in [4.69, 9.17) is 0 Å². The molecule has 1 fully saturated rings. The molecule has 0 radical (unpaired) electrons. The maximum atomic E-state index is 10.7. The third-order valence-corrected chi connectivity index (χ3v) is 1.65. The van der Waals surface area contributed by atoms with Crippen LogP contribution in [0.15, 0.2) is 0 Å². The number of cyclic esters (lactones) is 4. The molecule has 1 heterocycles. The first-order chi connectivity index (χ1) is 6.29. The van der Waals surface area contributed by atoms with Crippen LogP contribution in [0.1, 0.15) is 25.7 Å². The smallest absolute Gasteiger partial charge is 0.434 e. The van der Waals surface area contributed by atoms with Crippen LogP contribution in [0.25, 0.3) is 0 Å². The van der Waals surface area contributed by atoms with Gasteiger partial charge in [0, 0.05) is 0 Å². The standard InChI is InChI=1S/C8H12O5/c9-7-11-5-3-1-2-4-6-12-8(10)13-7/h1-6H2. The molecular weight excluding hydrogens is 176 g/mol. The molecule has 0 aromatic carbocycles. The summed E-state index contributed by atoms with van der Waals surface area (Å²) < 4.78 is 13.3. The van der Waals surface area contributed by atoms with Crippen molar-refractivity contribution in [3.05, 3.63) is 0 Å². The summed E-state index contributed by atoms with van der Waals surface area (Å²) in [5, 5.41) is 0. The van der Waals surface area contributed by atoms with E-state index in [1.165, 1.54) is 0 Å². The van der Waals surface area contributed by atoms with Gasteiger partial charge in [0.1, 0.15) is 0 Å². The van der Waals surface area contributed by atoms with Crippen LogP contribution < -0.4 is 0 Å². The van der Waals surface area contributed by atoms with Gasteiger partial charge >= 0.3 is 12.3 Å². The molecule has 0 aromatic heterocycles. The van der Waals surface area contributed by atoms with E-state index in [1.807, 2.05) is 0 Å². The van der Waals surface area contributed by atoms with Crippen LogP contribution in [0.5, 0.6) is 0 Å². The van der Waals surface area contributed by atoms with Crippen molar-refractivity contribution in [1.82, 2.24) is 0 Å². The van der Waals surface area contributed by atoms with Crippen molar-refractivity contribution in [3.63, 3.8) is 0 Å². The highest BCUT2D eigenvalue weighted by Gasteiger charge is 2.13. The zero-order chi connectivity index (χ0) is 9.52. The topological polar surface area (TPSA) is 61.8 Å². The van der Waals surface area contributed by atoms with Gasteiger partial charge in [0.2, 0.25) is 0 Å². The molecule has 74 valence electrons. The zero-order valence-corrected chi connectivity index (χ0v) is 7.28. The van der Waals surface area contributed by atoms with Gasteiger partial charge in [-0.25, -0.2) is 9.59 Å². The third kappa shape index (κ3) is 4.35. The highest BCUT2D eigenvalue weighted by Crippen LogP contribution is 2.03. The molecule has 1 aliphatic heterocycles. The van der Waals surface area contributed by atoms with E-state index in [0.717, 1.165) is 25.7 Å². The molecule has 1 aliphatic rings. The third-order valence-electron chi connectivity index (χ3n) is 1.65. The minimum absolute atomic E-state index is 0.298. The van der Waals surface area contributed by atoms with Crippen molar-refractivity contribution >= 4 is 12.3 Å². The Balaban J connectivity index is 2.34. The molecule has 0 aliphatic carbocycles. The lowest BCUT2D eigenvalue weighted by molar-refractivity contribution is 0.0381. The Hall–Kier alpha value is -1.26. The second-order valence-corrected chi connectivity index (χ2v) is 2.71. The van der Waals surface area contributed by atoms with Crippen molar-refractivity contribution in [1.29, 1.82) is 0 Å². The fourth-order valence-corrected chi connectivity index (χ4v) is 0.996. The van der Waals surface area contributed by atoms with E-state index in [2.05, 4.69) is 14.2 Å². The average molecular weight is 188 g/mol. The number of ether oxygens (including phenoxy) is 3. The first kappa shape index (κ1) is 9.83. The van der Waals surface area contributed by atoms with Gasteiger partial charge in [0.25, 0.3) is 0 Å². The van der Waals surface area contributed by atoms with Crippen LogP contribution in [0.2, 0.25) is 0 Å². The summed E-state index contributed by atoms with van der Waals surface area (Å²) in [5.74, 6) is 0. The lowest BCUT2D eigenvalue weighted by atomic mass is 10.2. The fourth-order valence-electron chi connectivity index (χ4n) is 0.996. The van der Waals surface area contributed by atoms with E-state index in [-0.39, 0.29) is 0 Å². The Morgan fingerprint density at radius 2 is 1.23 bits per heavy atom. The van der Waals surface area contributed by atoms with Crippen LogP contribution in [0.4, 0.5) is 9.59 Å². The van der Waals surface area contributed by atoms with Gasteiger partial charge in [-0.1, -0.05) is 0 Å². The number of hydrogen-bond acceptors (Lipinski definition) is 5. The molecule has 1 saturated heterocycles. The van der Waals surface area contributed by atoms with Crippen LogP contribution in [0, 0.1) is 0 Å². The Bertz CT molecular complexity index is 169. The molecule has 5 nitrogen and oxygen atoms in total. The Kier molecular flexibility index (Phi) is 4.08. The quantitative estimate of drug-likeness (QED) is 0.428. The first-order valence-corrected chi connectivity index (χ1v) is 4.30. The van der Waals surface area contributed by atoms with Gasteiger partial charge < -0.3 is 14.2 Å². The molecule has 0 amide bonds. The minimum Gasteiger partial charge on any atom is -0.434 e. The molecule has 0 unspecified atom stereocenters. The molecule has 0 spiro atoms. The minimum atomic E-state index is -0.980. The summed E-state index contributed by atoms with van der Waals surface area (Å²) in [6, 6.07) is 0. The predicted octanol–water partition coefficient (Wildman–Crippen LogP) is 1.85. The summed E-state index contributed by atoms with van der Waals surface area (Å²) in [6.45, 7) is 0.595. The first-order valence-electron chi connectivity index (χ1n) is 4.30. The molecule has 1 rings (SSSR count). The van der Waals surface area contributed by atoms with Gasteiger partial charge in [-0.3, -0.25) is 0 Å². The molecule has 5 heteroatoms. The molecular formula is C8H12O5. The molecule has 0 N–H and O–H groups in total. The maximum Gasteiger partial charge on any atom is 0.518 e. The van der Waals surface area contributed by atoms with E-state index in [9.17, 15) is 9.59 Å². The lowest BCUT2D eigenvalue weighted by Crippen LogP contribution is -2.15. The number of hydrogen-bond donors (Lipinski definition) is 0. The molecule has 0 bridgehead atoms. The number of carbonyl (C=O) groups excluding carboxylic acids is 2. The summed E-state index contributed by atoms with van der Waals surface area (Å²) in [4.78, 5) is 21.4. The normalized spacial score (nSPS) is 20.6. The van der Waals surface area contributed by atoms with Crippen molar-refractivity contribution in [3.8, 4) is 0 Å². The number of rotatable bonds is 0. The Morgan fingerprint density at radius 3 is 1.69 bits per heavy atom. The highest BCUT2D eigenvalue weighted by molar-refractivity contribution is 5.76. The Morgan fingerprint density at radius 1 is 0.769 bits per heavy atom. The predicted molar refractivity (Wildman–Crippen MR) is 42.2 cm³/mol. The van der Waals surface area contributed by atoms with Gasteiger partial charge in [-0.2, -0.15) is 0 Å². The second kappa shape index (κ2) is 5.40.